The molecule has 1 amide bonds. The second-order valence-corrected chi connectivity index (χ2v) is 3.30. The Morgan fingerprint density at radius 2 is 1.72 bits per heavy atom. The zero-order valence-corrected chi connectivity index (χ0v) is 8.78. The summed E-state index contributed by atoms with van der Waals surface area (Å²) in [6, 6.07) is -0.776. The van der Waals surface area contributed by atoms with E-state index in [2.05, 4.69) is 0 Å². The molecule has 0 aromatic heterocycles. The lowest BCUT2D eigenvalue weighted by Gasteiger charge is -2.11. The smallest absolute Gasteiger partial charge is 0.328 e. The SMILES string of the molecule is O=C(N[C@H](CO)C(=O)O)c1cc(F)c(F)c(F)c1. The Kier molecular flexibility index (Phi) is 4.27. The van der Waals surface area contributed by atoms with E-state index in [1.54, 1.807) is 0 Å². The van der Waals surface area contributed by atoms with Crippen molar-refractivity contribution in [2.45, 2.75) is 6.04 Å². The van der Waals surface area contributed by atoms with Crippen LogP contribution in [-0.2, 0) is 4.79 Å². The molecule has 0 fully saturated rings. The second-order valence-electron chi connectivity index (χ2n) is 3.30. The molecule has 1 rings (SSSR count). The molecule has 0 spiro atoms. The topological polar surface area (TPSA) is 86.6 Å². The van der Waals surface area contributed by atoms with Crippen molar-refractivity contribution >= 4 is 11.9 Å². The molecule has 3 N–H and O–H groups in total. The van der Waals surface area contributed by atoms with Gasteiger partial charge >= 0.3 is 5.97 Å². The van der Waals surface area contributed by atoms with Gasteiger partial charge in [0.2, 0.25) is 0 Å². The van der Waals surface area contributed by atoms with Crippen molar-refractivity contribution in [1.82, 2.24) is 5.32 Å². The molecule has 0 radical (unpaired) electrons. The normalized spacial score (nSPS) is 12.0. The number of aliphatic hydroxyl groups is 1. The summed E-state index contributed by atoms with van der Waals surface area (Å²) in [4.78, 5) is 21.9. The van der Waals surface area contributed by atoms with Crippen molar-refractivity contribution in [3.63, 3.8) is 0 Å². The molecule has 0 aliphatic rings. The van der Waals surface area contributed by atoms with Crippen molar-refractivity contribution in [3.05, 3.63) is 35.1 Å². The number of aliphatic carboxylic acids is 1. The van der Waals surface area contributed by atoms with Gasteiger partial charge in [0.05, 0.1) is 6.61 Å². The summed E-state index contributed by atoms with van der Waals surface area (Å²) in [7, 11) is 0. The first-order valence-corrected chi connectivity index (χ1v) is 4.66. The summed E-state index contributed by atoms with van der Waals surface area (Å²) >= 11 is 0. The first-order valence-electron chi connectivity index (χ1n) is 4.66. The fraction of sp³-hybridized carbons (Fsp3) is 0.200. The van der Waals surface area contributed by atoms with Crippen LogP contribution in [0.15, 0.2) is 12.1 Å². The number of carboxylic acids is 1. The summed E-state index contributed by atoms with van der Waals surface area (Å²) < 4.78 is 38.3. The molecular weight excluding hydrogens is 255 g/mol. The van der Waals surface area contributed by atoms with Crippen LogP contribution in [0.5, 0.6) is 0 Å². The average Bonchev–Trinajstić information content (AvgIpc) is 2.31. The first-order chi connectivity index (χ1) is 8.36. The number of carbonyl (C=O) groups is 2. The van der Waals surface area contributed by atoms with Gasteiger partial charge in [0.25, 0.3) is 5.91 Å². The van der Waals surface area contributed by atoms with Gasteiger partial charge in [0.15, 0.2) is 23.5 Å². The van der Waals surface area contributed by atoms with Gasteiger partial charge in [0, 0.05) is 5.56 Å². The monoisotopic (exact) mass is 263 g/mol. The third kappa shape index (κ3) is 2.98. The Labute approximate surface area is 98.8 Å². The molecule has 0 aliphatic heterocycles. The number of nitrogens with one attached hydrogen (secondary N) is 1. The maximum Gasteiger partial charge on any atom is 0.328 e. The molecule has 98 valence electrons. The number of hydrogen-bond acceptors (Lipinski definition) is 3. The van der Waals surface area contributed by atoms with Gasteiger partial charge in [-0.05, 0) is 12.1 Å². The molecule has 8 heteroatoms. The van der Waals surface area contributed by atoms with Crippen molar-refractivity contribution in [2.75, 3.05) is 6.61 Å². The number of aliphatic hydroxyl groups excluding tert-OH is 1. The van der Waals surface area contributed by atoms with Gasteiger partial charge in [-0.1, -0.05) is 0 Å². The van der Waals surface area contributed by atoms with Crippen LogP contribution in [0.25, 0.3) is 0 Å². The molecule has 18 heavy (non-hydrogen) atoms. The molecule has 1 aromatic rings. The van der Waals surface area contributed by atoms with Gasteiger partial charge < -0.3 is 15.5 Å². The van der Waals surface area contributed by atoms with Crippen molar-refractivity contribution in [1.29, 1.82) is 0 Å². The number of carboxylic acid groups (broad SMARTS) is 1. The summed E-state index contributed by atoms with van der Waals surface area (Å²) in [5, 5.41) is 19.0. The molecule has 0 saturated carbocycles. The molecule has 0 saturated heterocycles. The number of amides is 1. The number of benzene rings is 1. The van der Waals surface area contributed by atoms with Crippen LogP contribution in [0.4, 0.5) is 13.2 Å². The van der Waals surface area contributed by atoms with Crippen LogP contribution in [0.1, 0.15) is 10.4 Å². The Hall–Kier alpha value is -2.09. The molecule has 0 heterocycles. The molecule has 5 nitrogen and oxygen atoms in total. The van der Waals surface area contributed by atoms with E-state index in [0.717, 1.165) is 0 Å². The fourth-order valence-electron chi connectivity index (χ4n) is 1.11. The predicted molar refractivity (Wildman–Crippen MR) is 52.3 cm³/mol. The summed E-state index contributed by atoms with van der Waals surface area (Å²) in [5.74, 6) is -7.54. The molecule has 1 aromatic carbocycles. The predicted octanol–water partition coefficient (Wildman–Crippen LogP) is 0.279. The first kappa shape index (κ1) is 14.0. The zero-order chi connectivity index (χ0) is 13.9. The minimum absolute atomic E-state index is 0.421. The summed E-state index contributed by atoms with van der Waals surface area (Å²) in [5.41, 5.74) is -0.592. The maximum absolute atomic E-state index is 12.8. The van der Waals surface area contributed by atoms with E-state index in [1.807, 2.05) is 5.32 Å². The Morgan fingerprint density at radius 1 is 1.22 bits per heavy atom. The fourth-order valence-corrected chi connectivity index (χ4v) is 1.11. The highest BCUT2D eigenvalue weighted by molar-refractivity contribution is 5.96. The van der Waals surface area contributed by atoms with Crippen LogP contribution in [0, 0.1) is 17.5 Å². The highest BCUT2D eigenvalue weighted by atomic mass is 19.2. The van der Waals surface area contributed by atoms with E-state index in [4.69, 9.17) is 10.2 Å². The third-order valence-electron chi connectivity index (χ3n) is 2.03. The van der Waals surface area contributed by atoms with E-state index < -0.39 is 47.5 Å². The molecule has 1 atom stereocenters. The Morgan fingerprint density at radius 3 is 2.11 bits per heavy atom. The van der Waals surface area contributed by atoms with E-state index >= 15 is 0 Å². The second kappa shape index (κ2) is 5.50. The highest BCUT2D eigenvalue weighted by Crippen LogP contribution is 2.13. The van der Waals surface area contributed by atoms with Gasteiger partial charge in [-0.2, -0.15) is 0 Å². The Bertz CT molecular complexity index is 469. The van der Waals surface area contributed by atoms with E-state index in [0.29, 0.717) is 12.1 Å². The number of carbonyl (C=O) groups excluding carboxylic acids is 1. The summed E-state index contributed by atoms with van der Waals surface area (Å²) in [6.07, 6.45) is 0. The minimum atomic E-state index is -1.73. The van der Waals surface area contributed by atoms with Crippen molar-refractivity contribution in [3.8, 4) is 0 Å². The van der Waals surface area contributed by atoms with Gasteiger partial charge in [-0.3, -0.25) is 4.79 Å². The van der Waals surface area contributed by atoms with Gasteiger partial charge in [-0.15, -0.1) is 0 Å². The van der Waals surface area contributed by atoms with Crippen LogP contribution in [0.3, 0.4) is 0 Å². The van der Waals surface area contributed by atoms with Gasteiger partial charge in [-0.25, -0.2) is 18.0 Å². The quantitative estimate of drug-likeness (QED) is 0.681. The van der Waals surface area contributed by atoms with E-state index in [1.165, 1.54) is 0 Å². The lowest BCUT2D eigenvalue weighted by molar-refractivity contribution is -0.140. The van der Waals surface area contributed by atoms with Crippen LogP contribution >= 0.6 is 0 Å². The van der Waals surface area contributed by atoms with Crippen LogP contribution in [0.2, 0.25) is 0 Å². The van der Waals surface area contributed by atoms with Crippen LogP contribution in [-0.4, -0.2) is 34.7 Å². The average molecular weight is 263 g/mol. The zero-order valence-electron chi connectivity index (χ0n) is 8.78. The maximum atomic E-state index is 12.8. The third-order valence-corrected chi connectivity index (χ3v) is 2.03. The molecule has 0 bridgehead atoms. The summed E-state index contributed by atoms with van der Waals surface area (Å²) in [6.45, 7) is -0.896. The van der Waals surface area contributed by atoms with Crippen LogP contribution < -0.4 is 5.32 Å². The molecular formula is C10H8F3NO4. The lowest BCUT2D eigenvalue weighted by atomic mass is 10.1. The van der Waals surface area contributed by atoms with Gasteiger partial charge in [0.1, 0.15) is 0 Å². The highest BCUT2D eigenvalue weighted by Gasteiger charge is 2.21. The van der Waals surface area contributed by atoms with E-state index in [9.17, 15) is 22.8 Å². The Balaban J connectivity index is 2.94. The lowest BCUT2D eigenvalue weighted by Crippen LogP contribution is -2.43. The number of halogens is 3. The van der Waals surface area contributed by atoms with E-state index in [-0.39, 0.29) is 0 Å². The minimum Gasteiger partial charge on any atom is -0.480 e. The largest absolute Gasteiger partial charge is 0.480 e. The van der Waals surface area contributed by atoms with Crippen molar-refractivity contribution < 1.29 is 33.0 Å². The number of hydrogen-bond donors (Lipinski definition) is 3. The standard InChI is InChI=1S/C10H8F3NO4/c11-5-1-4(2-6(12)8(5)13)9(16)14-7(3-15)10(17)18/h1-2,7,15H,3H2,(H,14,16)(H,17,18)/t7-/m1/s1. The molecule has 0 unspecified atom stereocenters. The molecule has 0 aliphatic carbocycles. The number of rotatable bonds is 4. The van der Waals surface area contributed by atoms with Crippen molar-refractivity contribution in [2.24, 2.45) is 0 Å².